The number of rotatable bonds is 9. The van der Waals surface area contributed by atoms with Crippen LogP contribution in [0.4, 0.5) is 10.5 Å². The van der Waals surface area contributed by atoms with Crippen LogP contribution in [0.1, 0.15) is 23.6 Å². The monoisotopic (exact) mass is 613 g/mol. The molecule has 7 rings (SSSR count). The zero-order valence-corrected chi connectivity index (χ0v) is 26.4. The Hall–Kier alpha value is -3.86. The van der Waals surface area contributed by atoms with Gasteiger partial charge in [-0.3, -0.25) is 19.5 Å². The molecule has 1 unspecified atom stereocenters. The number of hydrogen-bond donors (Lipinski definition) is 1. The molecule has 3 aromatic carbocycles. The number of nitrogens with zero attached hydrogens (tertiary/aromatic N) is 5. The van der Waals surface area contributed by atoms with Gasteiger partial charge in [0.2, 0.25) is 0 Å². The molecular weight excluding hydrogens is 570 g/mol. The summed E-state index contributed by atoms with van der Waals surface area (Å²) in [5.74, 6) is 0.560. The topological polar surface area (TPSA) is 89.0 Å². The SMILES string of the molecule is COc1ccc(CCN2C[C@H]3CC(c4ccc(N(C)C)c5ccccc45)N4C(=O)N(CCN5CCOCC5)C(=O)[C@@]34C2)cc1O. The largest absolute Gasteiger partial charge is 0.504 e. The number of amides is 3. The maximum Gasteiger partial charge on any atom is 0.328 e. The minimum absolute atomic E-state index is 0.0314. The summed E-state index contributed by atoms with van der Waals surface area (Å²) >= 11 is 0. The minimum atomic E-state index is -0.879. The highest BCUT2D eigenvalue weighted by atomic mass is 16.5. The number of likely N-dealkylation sites (tertiary alicyclic amines) is 1. The van der Waals surface area contributed by atoms with Gasteiger partial charge >= 0.3 is 6.03 Å². The first kappa shape index (κ1) is 29.8. The van der Waals surface area contributed by atoms with Gasteiger partial charge in [-0.05, 0) is 47.6 Å². The molecule has 10 heteroatoms. The lowest BCUT2D eigenvalue weighted by Gasteiger charge is -2.32. The van der Waals surface area contributed by atoms with Crippen LogP contribution in [0.2, 0.25) is 0 Å². The van der Waals surface area contributed by atoms with Crippen LogP contribution in [0.25, 0.3) is 10.8 Å². The van der Waals surface area contributed by atoms with E-state index in [9.17, 15) is 14.7 Å². The molecule has 0 bridgehead atoms. The summed E-state index contributed by atoms with van der Waals surface area (Å²) in [6, 6.07) is 17.9. The molecule has 4 heterocycles. The summed E-state index contributed by atoms with van der Waals surface area (Å²) in [5.41, 5.74) is 2.37. The summed E-state index contributed by atoms with van der Waals surface area (Å²) < 4.78 is 10.7. The molecular formula is C35H43N5O5. The number of fused-ring (bicyclic) bond motifs is 1. The van der Waals surface area contributed by atoms with Crippen molar-refractivity contribution in [1.29, 1.82) is 0 Å². The Kier molecular flexibility index (Phi) is 7.83. The molecule has 0 aromatic heterocycles. The fourth-order valence-electron chi connectivity index (χ4n) is 8.16. The standard InChI is InChI=1S/C35H43N5O5/c1-36(2)29-10-9-28(26-6-4-5-7-27(26)29)30-21-25-22-38(13-12-24-8-11-32(44-3)31(41)20-24)23-35(25)33(42)39(34(43)40(30)35)15-14-37-16-18-45-19-17-37/h4-11,20,25,30,41H,12-19,21-23H2,1-3H3/t25-,30?,35-/m1/s1. The highest BCUT2D eigenvalue weighted by Gasteiger charge is 2.70. The van der Waals surface area contributed by atoms with Gasteiger partial charge in [0.05, 0.1) is 26.4 Å². The quantitative estimate of drug-likeness (QED) is 0.367. The maximum absolute atomic E-state index is 14.5. The average molecular weight is 614 g/mol. The van der Waals surface area contributed by atoms with Crippen molar-refractivity contribution in [2.45, 2.75) is 24.4 Å². The van der Waals surface area contributed by atoms with E-state index < -0.39 is 5.54 Å². The first-order chi connectivity index (χ1) is 21.8. The van der Waals surface area contributed by atoms with Gasteiger partial charge in [0.15, 0.2) is 11.5 Å². The maximum atomic E-state index is 14.5. The van der Waals surface area contributed by atoms with Crippen LogP contribution in [0.5, 0.6) is 11.5 Å². The van der Waals surface area contributed by atoms with Crippen molar-refractivity contribution < 1.29 is 24.2 Å². The van der Waals surface area contributed by atoms with E-state index in [0.717, 1.165) is 66.6 Å². The minimum Gasteiger partial charge on any atom is -0.504 e. The molecule has 4 fully saturated rings. The van der Waals surface area contributed by atoms with Crippen molar-refractivity contribution in [2.75, 3.05) is 85.1 Å². The smallest absolute Gasteiger partial charge is 0.328 e. The summed E-state index contributed by atoms with van der Waals surface area (Å²) in [7, 11) is 5.64. The van der Waals surface area contributed by atoms with E-state index in [0.29, 0.717) is 38.6 Å². The molecule has 3 atom stereocenters. The Morgan fingerprint density at radius 1 is 0.978 bits per heavy atom. The lowest BCUT2D eigenvalue weighted by molar-refractivity contribution is -0.133. The predicted molar refractivity (Wildman–Crippen MR) is 173 cm³/mol. The Bertz CT molecular complexity index is 1610. The number of carbonyl (C=O) groups is 2. The number of morpholine rings is 1. The van der Waals surface area contributed by atoms with E-state index in [4.69, 9.17) is 9.47 Å². The summed E-state index contributed by atoms with van der Waals surface area (Å²) in [6.45, 7) is 6.04. The van der Waals surface area contributed by atoms with E-state index in [-0.39, 0.29) is 29.6 Å². The number of methoxy groups -OCH3 is 1. The van der Waals surface area contributed by atoms with Crippen LogP contribution in [0.15, 0.2) is 54.6 Å². The van der Waals surface area contributed by atoms with Crippen molar-refractivity contribution in [3.8, 4) is 11.5 Å². The van der Waals surface area contributed by atoms with Crippen molar-refractivity contribution in [1.82, 2.24) is 19.6 Å². The van der Waals surface area contributed by atoms with Gasteiger partial charge in [0.1, 0.15) is 5.54 Å². The molecule has 1 spiro atoms. The molecule has 1 N–H and O–H groups in total. The molecule has 4 aliphatic rings. The fourth-order valence-corrected chi connectivity index (χ4v) is 8.16. The summed E-state index contributed by atoms with van der Waals surface area (Å²) in [4.78, 5) is 39.2. The van der Waals surface area contributed by atoms with Gasteiger partial charge in [-0.15, -0.1) is 0 Å². The van der Waals surface area contributed by atoms with Gasteiger partial charge in [-0.2, -0.15) is 0 Å². The zero-order valence-electron chi connectivity index (χ0n) is 26.4. The highest BCUT2D eigenvalue weighted by Crippen LogP contribution is 2.55. The molecule has 3 amide bonds. The molecule has 0 aliphatic carbocycles. The highest BCUT2D eigenvalue weighted by molar-refractivity contribution is 6.09. The van der Waals surface area contributed by atoms with Gasteiger partial charge < -0.3 is 24.4 Å². The van der Waals surface area contributed by atoms with Crippen LogP contribution >= 0.6 is 0 Å². The Morgan fingerprint density at radius 3 is 2.49 bits per heavy atom. The van der Waals surface area contributed by atoms with E-state index >= 15 is 0 Å². The number of ether oxygens (including phenoxy) is 2. The van der Waals surface area contributed by atoms with E-state index in [1.807, 2.05) is 25.1 Å². The summed E-state index contributed by atoms with van der Waals surface area (Å²) in [5, 5.41) is 12.6. The Labute approximate surface area is 264 Å². The van der Waals surface area contributed by atoms with Gasteiger partial charge in [-0.25, -0.2) is 4.79 Å². The molecule has 4 aliphatic heterocycles. The Balaban J connectivity index is 1.20. The Morgan fingerprint density at radius 2 is 1.76 bits per heavy atom. The molecule has 0 saturated carbocycles. The number of aromatic hydroxyl groups is 1. The van der Waals surface area contributed by atoms with Crippen molar-refractivity contribution in [3.05, 3.63) is 65.7 Å². The number of urea groups is 1. The normalized spacial score (nSPS) is 25.3. The zero-order chi connectivity index (χ0) is 31.3. The summed E-state index contributed by atoms with van der Waals surface area (Å²) in [6.07, 6.45) is 1.48. The van der Waals surface area contributed by atoms with Crippen LogP contribution in [0.3, 0.4) is 0 Å². The lowest BCUT2D eigenvalue weighted by atomic mass is 9.87. The number of hydrogen-bond acceptors (Lipinski definition) is 8. The van der Waals surface area contributed by atoms with E-state index in [2.05, 4.69) is 51.1 Å². The van der Waals surface area contributed by atoms with Crippen LogP contribution < -0.4 is 9.64 Å². The molecule has 3 aromatic rings. The number of imide groups is 1. The molecule has 10 nitrogen and oxygen atoms in total. The average Bonchev–Trinajstić information content (AvgIpc) is 3.63. The second kappa shape index (κ2) is 11.8. The number of carbonyl (C=O) groups excluding carboxylic acids is 2. The molecule has 238 valence electrons. The number of phenolic OH excluding ortho intramolecular Hbond substituents is 1. The first-order valence-corrected chi connectivity index (χ1v) is 16.0. The van der Waals surface area contributed by atoms with Crippen LogP contribution in [-0.2, 0) is 16.0 Å². The first-order valence-electron chi connectivity index (χ1n) is 16.0. The number of benzene rings is 3. The fraction of sp³-hybridized carbons (Fsp3) is 0.486. The van der Waals surface area contributed by atoms with Crippen molar-refractivity contribution in [2.24, 2.45) is 5.92 Å². The van der Waals surface area contributed by atoms with Gasteiger partial charge in [-0.1, -0.05) is 36.4 Å². The predicted octanol–water partition coefficient (Wildman–Crippen LogP) is 3.57. The van der Waals surface area contributed by atoms with Gasteiger partial charge in [0.25, 0.3) is 5.91 Å². The molecule has 4 saturated heterocycles. The van der Waals surface area contributed by atoms with Crippen molar-refractivity contribution in [3.63, 3.8) is 0 Å². The number of anilines is 1. The molecule has 0 radical (unpaired) electrons. The van der Waals surface area contributed by atoms with E-state index in [1.54, 1.807) is 19.2 Å². The lowest BCUT2D eigenvalue weighted by Crippen LogP contribution is -2.52. The van der Waals surface area contributed by atoms with Crippen LogP contribution in [-0.4, -0.2) is 122 Å². The van der Waals surface area contributed by atoms with E-state index in [1.165, 1.54) is 4.90 Å². The number of phenols is 1. The third-order valence-corrected chi connectivity index (χ3v) is 10.4. The second-order valence-corrected chi connectivity index (χ2v) is 13.0. The third-order valence-electron chi connectivity index (χ3n) is 10.4. The second-order valence-electron chi connectivity index (χ2n) is 13.0. The van der Waals surface area contributed by atoms with Crippen molar-refractivity contribution >= 4 is 28.4 Å². The molecule has 45 heavy (non-hydrogen) atoms. The third kappa shape index (κ3) is 4.99. The van der Waals surface area contributed by atoms with Crippen LogP contribution in [0, 0.1) is 5.92 Å². The van der Waals surface area contributed by atoms with Gasteiger partial charge in [0, 0.05) is 76.9 Å².